The first kappa shape index (κ1) is 10.1. The van der Waals surface area contributed by atoms with Crippen molar-refractivity contribution in [3.63, 3.8) is 0 Å². The summed E-state index contributed by atoms with van der Waals surface area (Å²) in [6.45, 7) is 2.26. The van der Waals surface area contributed by atoms with Crippen LogP contribution < -0.4 is 4.90 Å². The van der Waals surface area contributed by atoms with Gasteiger partial charge in [-0.3, -0.25) is 4.90 Å². The molecule has 0 aliphatic rings. The second-order valence-corrected chi connectivity index (χ2v) is 3.42. The van der Waals surface area contributed by atoms with Crippen molar-refractivity contribution < 1.29 is 9.90 Å². The van der Waals surface area contributed by atoms with Gasteiger partial charge in [-0.1, -0.05) is 15.9 Å². The van der Waals surface area contributed by atoms with Crippen LogP contribution in [0.2, 0.25) is 0 Å². The van der Waals surface area contributed by atoms with Crippen LogP contribution in [0.3, 0.4) is 0 Å². The molecule has 0 heterocycles. The third-order valence-electron chi connectivity index (χ3n) is 1.69. The van der Waals surface area contributed by atoms with E-state index >= 15 is 0 Å². The van der Waals surface area contributed by atoms with Gasteiger partial charge in [0, 0.05) is 16.7 Å². The van der Waals surface area contributed by atoms with E-state index in [-0.39, 0.29) is 0 Å². The number of hydrogen-bond donors (Lipinski definition) is 1. The van der Waals surface area contributed by atoms with Gasteiger partial charge >= 0.3 is 6.09 Å². The van der Waals surface area contributed by atoms with E-state index in [0.29, 0.717) is 12.2 Å². The van der Waals surface area contributed by atoms with Crippen LogP contribution in [0, 0.1) is 0 Å². The van der Waals surface area contributed by atoms with Gasteiger partial charge in [0.15, 0.2) is 0 Å². The second-order valence-electron chi connectivity index (χ2n) is 2.50. The van der Waals surface area contributed by atoms with E-state index in [1.54, 1.807) is 19.1 Å². The summed E-state index contributed by atoms with van der Waals surface area (Å²) in [5.41, 5.74) is 0.693. The highest BCUT2D eigenvalue weighted by Crippen LogP contribution is 2.18. The van der Waals surface area contributed by atoms with Crippen molar-refractivity contribution in [2.45, 2.75) is 6.92 Å². The molecule has 3 nitrogen and oxygen atoms in total. The Morgan fingerprint density at radius 2 is 2.00 bits per heavy atom. The summed E-state index contributed by atoms with van der Waals surface area (Å²) in [4.78, 5) is 12.0. The number of carboxylic acid groups (broad SMARTS) is 1. The standard InChI is InChI=1S/C9H10BrNO2/c1-2-11(9(12)13)8-5-3-7(10)4-6-8/h3-6H,2H2,1H3,(H,12,13). The van der Waals surface area contributed by atoms with Crippen LogP contribution in [0.15, 0.2) is 28.7 Å². The smallest absolute Gasteiger partial charge is 0.411 e. The number of benzene rings is 1. The van der Waals surface area contributed by atoms with Gasteiger partial charge in [-0.15, -0.1) is 0 Å². The van der Waals surface area contributed by atoms with Gasteiger partial charge in [0.1, 0.15) is 0 Å². The zero-order valence-electron chi connectivity index (χ0n) is 7.20. The fourth-order valence-electron chi connectivity index (χ4n) is 1.05. The first-order valence-electron chi connectivity index (χ1n) is 3.91. The van der Waals surface area contributed by atoms with Crippen LogP contribution in [0.25, 0.3) is 0 Å². The van der Waals surface area contributed by atoms with E-state index in [4.69, 9.17) is 5.11 Å². The van der Waals surface area contributed by atoms with Crippen molar-refractivity contribution in [1.29, 1.82) is 0 Å². The Morgan fingerprint density at radius 1 is 1.46 bits per heavy atom. The quantitative estimate of drug-likeness (QED) is 0.868. The molecule has 1 N–H and O–H groups in total. The molecule has 4 heteroatoms. The average molecular weight is 244 g/mol. The summed E-state index contributed by atoms with van der Waals surface area (Å²) in [6.07, 6.45) is -0.926. The van der Waals surface area contributed by atoms with E-state index < -0.39 is 6.09 Å². The molecule has 0 saturated heterocycles. The third kappa shape index (κ3) is 2.45. The van der Waals surface area contributed by atoms with Gasteiger partial charge in [0.05, 0.1) is 0 Å². The van der Waals surface area contributed by atoms with Crippen molar-refractivity contribution in [2.75, 3.05) is 11.4 Å². The van der Waals surface area contributed by atoms with Crippen LogP contribution in [0.1, 0.15) is 6.92 Å². The second kappa shape index (κ2) is 4.28. The number of hydrogen-bond acceptors (Lipinski definition) is 1. The molecule has 0 radical (unpaired) electrons. The molecule has 70 valence electrons. The number of rotatable bonds is 2. The summed E-state index contributed by atoms with van der Waals surface area (Å²) in [5, 5.41) is 8.81. The van der Waals surface area contributed by atoms with Gasteiger partial charge in [-0.05, 0) is 31.2 Å². The molecule has 0 fully saturated rings. The highest BCUT2D eigenvalue weighted by Gasteiger charge is 2.10. The van der Waals surface area contributed by atoms with Gasteiger partial charge in [0.2, 0.25) is 0 Å². The van der Waals surface area contributed by atoms with Gasteiger partial charge in [-0.2, -0.15) is 0 Å². The SMILES string of the molecule is CCN(C(=O)O)c1ccc(Br)cc1. The minimum atomic E-state index is -0.926. The lowest BCUT2D eigenvalue weighted by Gasteiger charge is -2.16. The molecule has 0 aliphatic heterocycles. The molecule has 13 heavy (non-hydrogen) atoms. The van der Waals surface area contributed by atoms with E-state index in [9.17, 15) is 4.79 Å². The fraction of sp³-hybridized carbons (Fsp3) is 0.222. The van der Waals surface area contributed by atoms with Crippen molar-refractivity contribution in [2.24, 2.45) is 0 Å². The highest BCUT2D eigenvalue weighted by molar-refractivity contribution is 9.10. The normalized spacial score (nSPS) is 9.69. The lowest BCUT2D eigenvalue weighted by Crippen LogP contribution is -2.28. The Morgan fingerprint density at radius 3 is 2.38 bits per heavy atom. The van der Waals surface area contributed by atoms with Crippen molar-refractivity contribution in [3.8, 4) is 0 Å². The maximum atomic E-state index is 10.7. The van der Waals surface area contributed by atoms with E-state index in [2.05, 4.69) is 15.9 Å². The lowest BCUT2D eigenvalue weighted by atomic mass is 10.3. The summed E-state index contributed by atoms with van der Waals surface area (Å²) in [5.74, 6) is 0. The number of anilines is 1. The van der Waals surface area contributed by atoms with Crippen LogP contribution in [-0.2, 0) is 0 Å². The number of carbonyl (C=O) groups is 1. The summed E-state index contributed by atoms with van der Waals surface area (Å²) in [6, 6.07) is 7.17. The number of halogens is 1. The molecule has 1 rings (SSSR count). The zero-order chi connectivity index (χ0) is 9.84. The highest BCUT2D eigenvalue weighted by atomic mass is 79.9. The monoisotopic (exact) mass is 243 g/mol. The Labute approximate surface area is 85.1 Å². The van der Waals surface area contributed by atoms with Crippen LogP contribution in [0.5, 0.6) is 0 Å². The van der Waals surface area contributed by atoms with E-state index in [1.807, 2.05) is 12.1 Å². The molecule has 0 spiro atoms. The predicted octanol–water partition coefficient (Wildman–Crippen LogP) is 2.95. The van der Waals surface area contributed by atoms with Crippen molar-refractivity contribution in [3.05, 3.63) is 28.7 Å². The van der Waals surface area contributed by atoms with E-state index in [1.165, 1.54) is 4.90 Å². The molecular weight excluding hydrogens is 234 g/mol. The Hall–Kier alpha value is -1.03. The van der Waals surface area contributed by atoms with Crippen LogP contribution >= 0.6 is 15.9 Å². The molecule has 0 saturated carbocycles. The van der Waals surface area contributed by atoms with Gasteiger partial charge in [-0.25, -0.2) is 4.79 Å². The molecule has 0 aliphatic carbocycles. The maximum Gasteiger partial charge on any atom is 0.411 e. The van der Waals surface area contributed by atoms with Gasteiger partial charge in [0.25, 0.3) is 0 Å². The molecule has 0 aromatic heterocycles. The molecule has 0 atom stereocenters. The lowest BCUT2D eigenvalue weighted by molar-refractivity contribution is 0.202. The zero-order valence-corrected chi connectivity index (χ0v) is 8.78. The number of amides is 1. The van der Waals surface area contributed by atoms with Crippen LogP contribution in [0.4, 0.5) is 10.5 Å². The molecule has 0 bridgehead atoms. The minimum Gasteiger partial charge on any atom is -0.465 e. The summed E-state index contributed by atoms with van der Waals surface area (Å²) < 4.78 is 0.942. The third-order valence-corrected chi connectivity index (χ3v) is 2.21. The van der Waals surface area contributed by atoms with Gasteiger partial charge < -0.3 is 5.11 Å². The first-order valence-corrected chi connectivity index (χ1v) is 4.70. The first-order chi connectivity index (χ1) is 6.15. The molecule has 0 unspecified atom stereocenters. The molecule has 1 aromatic rings. The Bertz CT molecular complexity index is 297. The predicted molar refractivity (Wildman–Crippen MR) is 55.2 cm³/mol. The fourth-order valence-corrected chi connectivity index (χ4v) is 1.31. The van der Waals surface area contributed by atoms with Crippen LogP contribution in [-0.4, -0.2) is 17.7 Å². The van der Waals surface area contributed by atoms with E-state index in [0.717, 1.165) is 4.47 Å². The summed E-state index contributed by atoms with van der Waals surface area (Å²) in [7, 11) is 0. The topological polar surface area (TPSA) is 40.5 Å². The Kier molecular flexibility index (Phi) is 3.31. The molecule has 1 aromatic carbocycles. The van der Waals surface area contributed by atoms with Crippen molar-refractivity contribution >= 4 is 27.7 Å². The van der Waals surface area contributed by atoms with Crippen molar-refractivity contribution in [1.82, 2.24) is 0 Å². The maximum absolute atomic E-state index is 10.7. The largest absolute Gasteiger partial charge is 0.465 e. The minimum absolute atomic E-state index is 0.455. The number of nitrogens with zero attached hydrogens (tertiary/aromatic N) is 1. The average Bonchev–Trinajstić information content (AvgIpc) is 2.09. The Balaban J connectivity index is 2.92. The molecule has 1 amide bonds. The summed E-state index contributed by atoms with van der Waals surface area (Å²) >= 11 is 3.29. The molecular formula is C9H10BrNO2.